The second kappa shape index (κ2) is 4.26. The Bertz CT molecular complexity index is 330. The average Bonchev–Trinajstić information content (AvgIpc) is 2.30. The second-order valence-electron chi connectivity index (χ2n) is 3.51. The molecule has 72 valence electrons. The molecule has 0 saturated carbocycles. The van der Waals surface area contributed by atoms with Crippen LogP contribution in [-0.4, -0.2) is 18.2 Å². The Kier molecular flexibility index (Phi) is 2.81. The summed E-state index contributed by atoms with van der Waals surface area (Å²) < 4.78 is 5.31. The largest absolute Gasteiger partial charge is 0.381 e. The second-order valence-corrected chi connectivity index (χ2v) is 3.51. The fourth-order valence-electron chi connectivity index (χ4n) is 1.76. The summed E-state index contributed by atoms with van der Waals surface area (Å²) in [4.78, 5) is 4.20. The van der Waals surface area contributed by atoms with Crippen molar-refractivity contribution < 1.29 is 4.74 Å². The van der Waals surface area contributed by atoms with Crippen molar-refractivity contribution in [2.24, 2.45) is 0 Å². The first-order valence-corrected chi connectivity index (χ1v) is 4.90. The lowest BCUT2D eigenvalue weighted by Crippen LogP contribution is -2.14. The van der Waals surface area contributed by atoms with E-state index in [-0.39, 0.29) is 0 Å². The highest BCUT2D eigenvalue weighted by atomic mass is 16.5. The van der Waals surface area contributed by atoms with Crippen molar-refractivity contribution in [3.8, 4) is 12.3 Å². The van der Waals surface area contributed by atoms with Crippen molar-refractivity contribution in [3.05, 3.63) is 29.6 Å². The molecule has 1 aliphatic heterocycles. The fourth-order valence-corrected chi connectivity index (χ4v) is 1.76. The summed E-state index contributed by atoms with van der Waals surface area (Å²) in [6.45, 7) is 1.73. The Morgan fingerprint density at radius 1 is 1.36 bits per heavy atom. The Morgan fingerprint density at radius 2 is 2.14 bits per heavy atom. The Hall–Kier alpha value is -1.33. The number of ether oxygens (including phenoxy) is 1. The minimum Gasteiger partial charge on any atom is -0.381 e. The third-order valence-corrected chi connectivity index (χ3v) is 2.63. The van der Waals surface area contributed by atoms with Gasteiger partial charge in [0, 0.05) is 19.4 Å². The van der Waals surface area contributed by atoms with Crippen LogP contribution in [0.2, 0.25) is 0 Å². The first-order chi connectivity index (χ1) is 6.90. The molecule has 1 aliphatic rings. The average molecular weight is 187 g/mol. The van der Waals surface area contributed by atoms with Crippen molar-refractivity contribution in [3.63, 3.8) is 0 Å². The van der Waals surface area contributed by atoms with E-state index in [2.05, 4.69) is 17.0 Å². The third kappa shape index (κ3) is 1.94. The van der Waals surface area contributed by atoms with Crippen LogP contribution in [0.25, 0.3) is 0 Å². The topological polar surface area (TPSA) is 22.1 Å². The van der Waals surface area contributed by atoms with E-state index in [1.165, 1.54) is 5.56 Å². The summed E-state index contributed by atoms with van der Waals surface area (Å²) >= 11 is 0. The molecule has 0 spiro atoms. The van der Waals surface area contributed by atoms with Crippen LogP contribution < -0.4 is 0 Å². The van der Waals surface area contributed by atoms with Gasteiger partial charge in [0.25, 0.3) is 0 Å². The van der Waals surface area contributed by atoms with E-state index in [4.69, 9.17) is 11.2 Å². The van der Waals surface area contributed by atoms with E-state index in [9.17, 15) is 0 Å². The van der Waals surface area contributed by atoms with Crippen molar-refractivity contribution in [2.45, 2.75) is 18.8 Å². The normalized spacial score (nSPS) is 17.6. The van der Waals surface area contributed by atoms with Gasteiger partial charge in [-0.2, -0.15) is 0 Å². The molecule has 0 aromatic carbocycles. The highest BCUT2D eigenvalue weighted by molar-refractivity contribution is 5.27. The summed E-state index contributed by atoms with van der Waals surface area (Å²) in [7, 11) is 0. The van der Waals surface area contributed by atoms with Gasteiger partial charge in [0.2, 0.25) is 0 Å². The predicted molar refractivity (Wildman–Crippen MR) is 55.0 cm³/mol. The first-order valence-electron chi connectivity index (χ1n) is 4.90. The molecule has 0 amide bonds. The van der Waals surface area contributed by atoms with Crippen LogP contribution >= 0.6 is 0 Å². The molecule has 1 fully saturated rings. The lowest BCUT2D eigenvalue weighted by molar-refractivity contribution is 0.0853. The summed E-state index contributed by atoms with van der Waals surface area (Å²) in [5.41, 5.74) is 1.99. The Labute approximate surface area is 84.3 Å². The molecule has 0 aliphatic carbocycles. The van der Waals surface area contributed by atoms with Gasteiger partial charge < -0.3 is 4.74 Å². The number of hydrogen-bond donors (Lipinski definition) is 0. The van der Waals surface area contributed by atoms with Gasteiger partial charge in [0.1, 0.15) is 5.69 Å². The number of rotatable bonds is 1. The number of terminal acetylenes is 1. The van der Waals surface area contributed by atoms with E-state index >= 15 is 0 Å². The summed E-state index contributed by atoms with van der Waals surface area (Å²) in [5.74, 6) is 3.12. The molecule has 1 aromatic heterocycles. The van der Waals surface area contributed by atoms with Crippen LogP contribution in [0, 0.1) is 12.3 Å². The SMILES string of the molecule is C#Cc1ccc(C2CCOCC2)cn1. The van der Waals surface area contributed by atoms with E-state index in [0.717, 1.165) is 26.1 Å². The molecule has 2 heteroatoms. The minimum atomic E-state index is 0.600. The molecule has 0 bridgehead atoms. The number of hydrogen-bond acceptors (Lipinski definition) is 2. The van der Waals surface area contributed by atoms with Gasteiger partial charge in [-0.15, -0.1) is 6.42 Å². The molecule has 14 heavy (non-hydrogen) atoms. The van der Waals surface area contributed by atoms with Crippen LogP contribution in [0.1, 0.15) is 30.0 Å². The van der Waals surface area contributed by atoms with Gasteiger partial charge in [-0.05, 0) is 30.4 Å². The third-order valence-electron chi connectivity index (χ3n) is 2.63. The molecular formula is C12H13NO. The van der Waals surface area contributed by atoms with Crippen LogP contribution in [0.5, 0.6) is 0 Å². The molecule has 0 unspecified atom stereocenters. The molecular weight excluding hydrogens is 174 g/mol. The fraction of sp³-hybridized carbons (Fsp3) is 0.417. The quantitative estimate of drug-likeness (QED) is 0.627. The lowest BCUT2D eigenvalue weighted by Gasteiger charge is -2.21. The maximum atomic E-state index is 5.31. The van der Waals surface area contributed by atoms with Crippen LogP contribution in [0.4, 0.5) is 0 Å². The van der Waals surface area contributed by atoms with Crippen LogP contribution in [0.3, 0.4) is 0 Å². The lowest BCUT2D eigenvalue weighted by atomic mass is 9.93. The zero-order chi connectivity index (χ0) is 9.80. The van der Waals surface area contributed by atoms with E-state index < -0.39 is 0 Å². The highest BCUT2D eigenvalue weighted by Gasteiger charge is 2.15. The van der Waals surface area contributed by atoms with Crippen molar-refractivity contribution >= 4 is 0 Å². The molecule has 1 aromatic rings. The maximum absolute atomic E-state index is 5.31. The maximum Gasteiger partial charge on any atom is 0.112 e. The molecule has 2 rings (SSSR count). The van der Waals surface area contributed by atoms with Crippen LogP contribution in [0.15, 0.2) is 18.3 Å². The monoisotopic (exact) mass is 187 g/mol. The molecule has 1 saturated heterocycles. The van der Waals surface area contributed by atoms with Crippen molar-refractivity contribution in [1.29, 1.82) is 0 Å². The van der Waals surface area contributed by atoms with Gasteiger partial charge in [-0.3, -0.25) is 0 Å². The number of aromatic nitrogens is 1. The molecule has 0 N–H and O–H groups in total. The highest BCUT2D eigenvalue weighted by Crippen LogP contribution is 2.25. The summed E-state index contributed by atoms with van der Waals surface area (Å²) in [6, 6.07) is 3.99. The molecule has 2 nitrogen and oxygen atoms in total. The van der Waals surface area contributed by atoms with Gasteiger partial charge in [0.05, 0.1) is 0 Å². The van der Waals surface area contributed by atoms with E-state index in [1.54, 1.807) is 0 Å². The standard InChI is InChI=1S/C12H13NO/c1-2-12-4-3-11(9-13-12)10-5-7-14-8-6-10/h1,3-4,9-10H,5-8H2. The smallest absolute Gasteiger partial charge is 0.112 e. The first kappa shape index (κ1) is 9.23. The van der Waals surface area contributed by atoms with Gasteiger partial charge >= 0.3 is 0 Å². The molecule has 0 atom stereocenters. The Balaban J connectivity index is 2.12. The van der Waals surface area contributed by atoms with Crippen molar-refractivity contribution in [1.82, 2.24) is 4.98 Å². The van der Waals surface area contributed by atoms with E-state index in [1.807, 2.05) is 12.3 Å². The molecule has 0 radical (unpaired) electrons. The predicted octanol–water partition coefficient (Wildman–Crippen LogP) is 1.96. The van der Waals surface area contributed by atoms with Gasteiger partial charge in [-0.25, -0.2) is 4.98 Å². The van der Waals surface area contributed by atoms with Gasteiger partial charge in [-0.1, -0.05) is 12.0 Å². The summed E-state index contributed by atoms with van der Waals surface area (Å²) in [6.07, 6.45) is 9.33. The number of nitrogens with zero attached hydrogens (tertiary/aromatic N) is 1. The van der Waals surface area contributed by atoms with Crippen molar-refractivity contribution in [2.75, 3.05) is 13.2 Å². The van der Waals surface area contributed by atoms with Gasteiger partial charge in [0.15, 0.2) is 0 Å². The molecule has 2 heterocycles. The minimum absolute atomic E-state index is 0.600. The summed E-state index contributed by atoms with van der Waals surface area (Å²) in [5, 5.41) is 0. The zero-order valence-corrected chi connectivity index (χ0v) is 8.07. The van der Waals surface area contributed by atoms with Crippen LogP contribution in [-0.2, 0) is 4.74 Å². The Morgan fingerprint density at radius 3 is 2.71 bits per heavy atom. The van der Waals surface area contributed by atoms with E-state index in [0.29, 0.717) is 11.6 Å². The zero-order valence-electron chi connectivity index (χ0n) is 8.07. The number of pyridine rings is 1.